The Morgan fingerprint density at radius 3 is 2.08 bits per heavy atom. The molecule has 140 valence electrons. The first-order chi connectivity index (χ1) is 12.4. The first-order valence-electron chi connectivity index (χ1n) is 8.13. The number of ether oxygens (including phenoxy) is 2. The van der Waals surface area contributed by atoms with Gasteiger partial charge < -0.3 is 14.8 Å². The van der Waals surface area contributed by atoms with Gasteiger partial charge >= 0.3 is 0 Å². The largest absolute Gasteiger partial charge is 0.494 e. The average molecular weight is 378 g/mol. The number of sulfonamides is 1. The van der Waals surface area contributed by atoms with E-state index in [-0.39, 0.29) is 24.0 Å². The fourth-order valence-corrected chi connectivity index (χ4v) is 3.16. The smallest absolute Gasteiger partial charge is 0.240 e. The number of benzene rings is 2. The maximum absolute atomic E-state index is 12.2. The van der Waals surface area contributed by atoms with Gasteiger partial charge in [-0.05, 0) is 55.5 Å². The van der Waals surface area contributed by atoms with Crippen molar-refractivity contribution in [3.63, 3.8) is 0 Å². The number of nitrogens with one attached hydrogen (secondary N) is 2. The van der Waals surface area contributed by atoms with Crippen molar-refractivity contribution in [1.82, 2.24) is 4.72 Å². The summed E-state index contributed by atoms with van der Waals surface area (Å²) in [4.78, 5) is 11.1. The van der Waals surface area contributed by atoms with Gasteiger partial charge in [-0.3, -0.25) is 4.79 Å². The SMILES string of the molecule is CCOc1ccc(OCCNS(=O)(=O)c2ccc(NC(C)=O)cc2)cc1. The normalized spacial score (nSPS) is 11.0. The van der Waals surface area contributed by atoms with Crippen LogP contribution in [0.15, 0.2) is 53.4 Å². The van der Waals surface area contributed by atoms with Crippen LogP contribution in [0.1, 0.15) is 13.8 Å². The van der Waals surface area contributed by atoms with Gasteiger partial charge in [-0.25, -0.2) is 13.1 Å². The molecule has 7 nitrogen and oxygen atoms in total. The minimum absolute atomic E-state index is 0.118. The van der Waals surface area contributed by atoms with E-state index in [2.05, 4.69) is 10.0 Å². The highest BCUT2D eigenvalue weighted by Gasteiger charge is 2.13. The van der Waals surface area contributed by atoms with E-state index in [9.17, 15) is 13.2 Å². The van der Waals surface area contributed by atoms with Crippen molar-refractivity contribution < 1.29 is 22.7 Å². The standard InChI is InChI=1S/C18H22N2O5S/c1-3-24-16-6-8-17(9-7-16)25-13-12-19-26(22,23)18-10-4-15(5-11-18)20-14(2)21/h4-11,19H,3,12-13H2,1-2H3,(H,20,21). The van der Waals surface area contributed by atoms with E-state index in [1.165, 1.54) is 31.2 Å². The molecule has 0 spiro atoms. The first-order valence-corrected chi connectivity index (χ1v) is 9.62. The Hall–Kier alpha value is -2.58. The van der Waals surface area contributed by atoms with Gasteiger partial charge in [0.05, 0.1) is 11.5 Å². The lowest BCUT2D eigenvalue weighted by atomic mass is 10.3. The Bertz CT molecular complexity index is 818. The lowest BCUT2D eigenvalue weighted by Crippen LogP contribution is -2.28. The molecule has 1 amide bonds. The molecule has 2 aromatic rings. The summed E-state index contributed by atoms with van der Waals surface area (Å²) >= 11 is 0. The molecular weight excluding hydrogens is 356 g/mol. The maximum atomic E-state index is 12.2. The van der Waals surface area contributed by atoms with Gasteiger partial charge in [0.25, 0.3) is 0 Å². The summed E-state index contributed by atoms with van der Waals surface area (Å²) in [6.45, 7) is 4.20. The molecule has 2 aromatic carbocycles. The van der Waals surface area contributed by atoms with Crippen molar-refractivity contribution in [1.29, 1.82) is 0 Å². The van der Waals surface area contributed by atoms with Gasteiger partial charge in [0.2, 0.25) is 15.9 Å². The molecule has 0 aliphatic rings. The molecule has 0 atom stereocenters. The van der Waals surface area contributed by atoms with E-state index < -0.39 is 10.0 Å². The van der Waals surface area contributed by atoms with Crippen LogP contribution in [0.25, 0.3) is 0 Å². The van der Waals surface area contributed by atoms with Crippen LogP contribution >= 0.6 is 0 Å². The zero-order chi connectivity index (χ0) is 19.0. The molecular formula is C18H22N2O5S. The van der Waals surface area contributed by atoms with Gasteiger partial charge in [0.15, 0.2) is 0 Å². The highest BCUT2D eigenvalue weighted by atomic mass is 32.2. The van der Waals surface area contributed by atoms with Crippen LogP contribution in [-0.2, 0) is 14.8 Å². The van der Waals surface area contributed by atoms with E-state index in [1.54, 1.807) is 24.3 Å². The molecule has 0 radical (unpaired) electrons. The molecule has 0 unspecified atom stereocenters. The summed E-state index contributed by atoms with van der Waals surface area (Å²) in [5, 5.41) is 2.58. The third-order valence-electron chi connectivity index (χ3n) is 3.28. The van der Waals surface area contributed by atoms with Crippen LogP contribution < -0.4 is 19.5 Å². The molecule has 0 fully saturated rings. The summed E-state index contributed by atoms with van der Waals surface area (Å²) in [6, 6.07) is 13.0. The predicted molar refractivity (Wildman–Crippen MR) is 99.0 cm³/mol. The Morgan fingerprint density at radius 1 is 0.962 bits per heavy atom. The van der Waals surface area contributed by atoms with E-state index >= 15 is 0 Å². The van der Waals surface area contributed by atoms with Crippen LogP contribution in [0.3, 0.4) is 0 Å². The molecule has 0 aliphatic carbocycles. The summed E-state index contributed by atoms with van der Waals surface area (Å²) < 4.78 is 37.8. The molecule has 0 aromatic heterocycles. The number of hydrogen-bond donors (Lipinski definition) is 2. The molecule has 26 heavy (non-hydrogen) atoms. The minimum atomic E-state index is -3.64. The molecule has 0 saturated heterocycles. The lowest BCUT2D eigenvalue weighted by Gasteiger charge is -2.10. The summed E-state index contributed by atoms with van der Waals surface area (Å²) in [7, 11) is -3.64. The highest BCUT2D eigenvalue weighted by Crippen LogP contribution is 2.17. The Balaban J connectivity index is 1.83. The second kappa shape index (κ2) is 9.21. The second-order valence-corrected chi connectivity index (χ2v) is 7.12. The zero-order valence-electron chi connectivity index (χ0n) is 14.7. The van der Waals surface area contributed by atoms with Gasteiger partial charge in [-0.2, -0.15) is 0 Å². The van der Waals surface area contributed by atoms with Crippen molar-refractivity contribution in [2.24, 2.45) is 0 Å². The van der Waals surface area contributed by atoms with Gasteiger partial charge in [-0.1, -0.05) is 0 Å². The van der Waals surface area contributed by atoms with Gasteiger partial charge in [0, 0.05) is 19.2 Å². The van der Waals surface area contributed by atoms with Crippen LogP contribution in [0.5, 0.6) is 11.5 Å². The topological polar surface area (TPSA) is 93.7 Å². The van der Waals surface area contributed by atoms with E-state index in [1.807, 2.05) is 6.92 Å². The highest BCUT2D eigenvalue weighted by molar-refractivity contribution is 7.89. The van der Waals surface area contributed by atoms with Crippen molar-refractivity contribution in [2.45, 2.75) is 18.7 Å². The Labute approximate surface area is 153 Å². The number of anilines is 1. The lowest BCUT2D eigenvalue weighted by molar-refractivity contribution is -0.114. The minimum Gasteiger partial charge on any atom is -0.494 e. The van der Waals surface area contributed by atoms with Crippen molar-refractivity contribution >= 4 is 21.6 Å². The summed E-state index contributed by atoms with van der Waals surface area (Å²) in [5.41, 5.74) is 0.537. The quantitative estimate of drug-likeness (QED) is 0.654. The molecule has 0 aliphatic heterocycles. The van der Waals surface area contributed by atoms with Gasteiger partial charge in [-0.15, -0.1) is 0 Å². The van der Waals surface area contributed by atoms with E-state index in [0.29, 0.717) is 18.0 Å². The van der Waals surface area contributed by atoms with Crippen molar-refractivity contribution in [2.75, 3.05) is 25.1 Å². The molecule has 2 N–H and O–H groups in total. The fraction of sp³-hybridized carbons (Fsp3) is 0.278. The third kappa shape index (κ3) is 6.05. The van der Waals surface area contributed by atoms with Crippen LogP contribution in [-0.4, -0.2) is 34.1 Å². The number of amides is 1. The summed E-state index contributed by atoms with van der Waals surface area (Å²) in [5.74, 6) is 1.17. The molecule has 2 rings (SSSR count). The van der Waals surface area contributed by atoms with E-state index in [4.69, 9.17) is 9.47 Å². The Morgan fingerprint density at radius 2 is 1.54 bits per heavy atom. The number of carbonyl (C=O) groups excluding carboxylic acids is 1. The fourth-order valence-electron chi connectivity index (χ4n) is 2.15. The monoisotopic (exact) mass is 378 g/mol. The molecule has 0 heterocycles. The number of carbonyl (C=O) groups is 1. The van der Waals surface area contributed by atoms with Crippen LogP contribution in [0.2, 0.25) is 0 Å². The number of hydrogen-bond acceptors (Lipinski definition) is 5. The van der Waals surface area contributed by atoms with Crippen molar-refractivity contribution in [3.8, 4) is 11.5 Å². The van der Waals surface area contributed by atoms with Crippen molar-refractivity contribution in [3.05, 3.63) is 48.5 Å². The predicted octanol–water partition coefficient (Wildman–Crippen LogP) is 2.40. The van der Waals surface area contributed by atoms with Crippen LogP contribution in [0, 0.1) is 0 Å². The third-order valence-corrected chi connectivity index (χ3v) is 4.76. The summed E-state index contributed by atoms with van der Waals surface area (Å²) in [6.07, 6.45) is 0. The van der Waals surface area contributed by atoms with E-state index in [0.717, 1.165) is 5.75 Å². The zero-order valence-corrected chi connectivity index (χ0v) is 15.5. The average Bonchev–Trinajstić information content (AvgIpc) is 2.60. The first kappa shape index (κ1) is 19.7. The molecule has 8 heteroatoms. The molecule has 0 saturated carbocycles. The Kier molecular flexibility index (Phi) is 6.99. The van der Waals surface area contributed by atoms with Gasteiger partial charge in [0.1, 0.15) is 18.1 Å². The van der Waals surface area contributed by atoms with Crippen LogP contribution in [0.4, 0.5) is 5.69 Å². The molecule has 0 bridgehead atoms. The maximum Gasteiger partial charge on any atom is 0.240 e. The number of rotatable bonds is 9. The second-order valence-electron chi connectivity index (χ2n) is 5.36.